The fourth-order valence-electron chi connectivity index (χ4n) is 1.66. The number of unbranched alkanes of at least 4 members (excludes halogenated alkanes) is 1. The molecule has 0 fully saturated rings. The summed E-state index contributed by atoms with van der Waals surface area (Å²) in [5, 5.41) is 15.6. The monoisotopic (exact) mass is 300 g/mol. The molecule has 23 heavy (non-hydrogen) atoms. The number of nitrogens with zero attached hydrogens (tertiary/aromatic N) is 2. The fraction of sp³-hybridized carbons (Fsp3) is 0.105. The van der Waals surface area contributed by atoms with E-state index in [0.29, 0.717) is 12.8 Å². The van der Waals surface area contributed by atoms with Crippen LogP contribution in [0.5, 0.6) is 0 Å². The first-order chi connectivity index (χ1) is 11.2. The van der Waals surface area contributed by atoms with Crippen molar-refractivity contribution in [3.8, 4) is 12.1 Å². The van der Waals surface area contributed by atoms with Crippen LogP contribution in [0.3, 0.4) is 0 Å². The molecule has 0 aliphatic rings. The molecule has 2 rings (SSSR count). The highest BCUT2D eigenvalue weighted by Gasteiger charge is 1.98. The van der Waals surface area contributed by atoms with Gasteiger partial charge in [0.25, 0.3) is 0 Å². The molecule has 4 heteroatoms. The quantitative estimate of drug-likeness (QED) is 0.377. The molecule has 2 aromatic carbocycles. The van der Waals surface area contributed by atoms with Gasteiger partial charge in [0.2, 0.25) is 0 Å². The van der Waals surface area contributed by atoms with E-state index in [9.17, 15) is 4.79 Å². The number of nitriles is 2. The van der Waals surface area contributed by atoms with E-state index < -0.39 is 0 Å². The Balaban J connectivity index is 0.000000379. The van der Waals surface area contributed by atoms with Gasteiger partial charge in [0, 0.05) is 18.4 Å². The van der Waals surface area contributed by atoms with Gasteiger partial charge in [-0.15, -0.1) is 0 Å². The molecule has 0 unspecified atom stereocenters. The van der Waals surface area contributed by atoms with E-state index in [1.807, 2.05) is 80.7 Å². The van der Waals surface area contributed by atoms with E-state index in [-0.39, 0.29) is 5.78 Å². The predicted molar refractivity (Wildman–Crippen MR) is 94.9 cm³/mol. The van der Waals surface area contributed by atoms with E-state index in [0.717, 1.165) is 11.1 Å². The molecule has 0 amide bonds. The lowest BCUT2D eigenvalue weighted by molar-refractivity contribution is 0.104. The molecule has 0 heterocycles. The summed E-state index contributed by atoms with van der Waals surface area (Å²) in [6.07, 6.45) is 4.17. The molecule has 0 bridgehead atoms. The summed E-state index contributed by atoms with van der Waals surface area (Å²) in [5.41, 5.74) is 2.98. The fourth-order valence-corrected chi connectivity index (χ4v) is 1.66. The van der Waals surface area contributed by atoms with Crippen molar-refractivity contribution >= 4 is 25.2 Å². The van der Waals surface area contributed by atoms with E-state index in [1.54, 1.807) is 6.08 Å². The topological polar surface area (TPSA) is 64.7 Å². The number of ketones is 1. The minimum Gasteiger partial charge on any atom is -0.289 e. The smallest absolute Gasteiger partial charge is 0.185 e. The normalized spacial score (nSPS) is 9.30. The molecule has 0 saturated heterocycles. The van der Waals surface area contributed by atoms with Crippen LogP contribution in [0.25, 0.3) is 6.08 Å². The highest BCUT2D eigenvalue weighted by Crippen LogP contribution is 2.04. The maximum atomic E-state index is 11.8. The molecule has 2 aromatic rings. The molecule has 0 aromatic heterocycles. The Morgan fingerprint density at radius 3 is 2.04 bits per heavy atom. The molecule has 0 N–H and O–H groups in total. The largest absolute Gasteiger partial charge is 0.289 e. The summed E-state index contributed by atoms with van der Waals surface area (Å²) in [4.78, 5) is 11.8. The molecule has 0 saturated carbocycles. The summed E-state index contributed by atoms with van der Waals surface area (Å²) in [5.74, 6) is 0.0335. The third kappa shape index (κ3) is 7.46. The number of hydrogen-bond acceptors (Lipinski definition) is 3. The van der Waals surface area contributed by atoms with Crippen LogP contribution in [0, 0.1) is 22.7 Å². The highest BCUT2D eigenvalue weighted by atomic mass is 16.1. The number of allylic oxidation sites excluding steroid dienone is 1. The van der Waals surface area contributed by atoms with Gasteiger partial charge < -0.3 is 0 Å². The number of hydrogen-bond donors (Lipinski definition) is 0. The minimum atomic E-state index is 0.0335. The van der Waals surface area contributed by atoms with Gasteiger partial charge >= 0.3 is 0 Å². The van der Waals surface area contributed by atoms with Crippen molar-refractivity contribution in [1.82, 2.24) is 0 Å². The van der Waals surface area contributed by atoms with Crippen LogP contribution in [0.2, 0.25) is 0 Å². The number of rotatable bonds is 4. The lowest BCUT2D eigenvalue weighted by Gasteiger charge is -1.96. The second-order valence-electron chi connectivity index (χ2n) is 4.79. The Hall–Kier alpha value is -3.11. The van der Waals surface area contributed by atoms with Crippen LogP contribution in [-0.2, 0) is 0 Å². The first-order valence-corrected chi connectivity index (χ1v) is 7.25. The zero-order valence-corrected chi connectivity index (χ0v) is 13.1. The van der Waals surface area contributed by atoms with Gasteiger partial charge in [0.05, 0.1) is 12.1 Å². The van der Waals surface area contributed by atoms with Crippen LogP contribution in [-0.4, -0.2) is 13.6 Å². The van der Waals surface area contributed by atoms with E-state index in [2.05, 4.69) is 0 Å². The summed E-state index contributed by atoms with van der Waals surface area (Å²) >= 11 is 0. The Bertz CT molecular complexity index is 709. The van der Waals surface area contributed by atoms with Gasteiger partial charge in [-0.3, -0.25) is 4.79 Å². The van der Waals surface area contributed by atoms with Crippen molar-refractivity contribution in [2.45, 2.75) is 12.8 Å². The molecule has 0 radical (unpaired) electrons. The van der Waals surface area contributed by atoms with Gasteiger partial charge in [-0.05, 0) is 11.6 Å². The van der Waals surface area contributed by atoms with Crippen molar-refractivity contribution < 1.29 is 4.79 Å². The third-order valence-corrected chi connectivity index (χ3v) is 2.91. The zero-order chi connectivity index (χ0) is 16.9. The van der Waals surface area contributed by atoms with Crippen molar-refractivity contribution in [3.05, 3.63) is 71.8 Å². The van der Waals surface area contributed by atoms with Crippen LogP contribution < -0.4 is 5.46 Å². The standard InChI is InChI=1S/C15H13BO.C4H4N2/c16-14-9-6-12(7-10-14)8-11-15(17)13-4-2-1-3-5-13;5-3-1-2-4-6/h1-11H,16H2;1-2H2/b11-8+;. The Labute approximate surface area is 137 Å². The third-order valence-electron chi connectivity index (χ3n) is 2.91. The van der Waals surface area contributed by atoms with Crippen molar-refractivity contribution in [3.63, 3.8) is 0 Å². The maximum Gasteiger partial charge on any atom is 0.185 e. The van der Waals surface area contributed by atoms with Crippen LogP contribution in [0.4, 0.5) is 0 Å². The molecule has 3 nitrogen and oxygen atoms in total. The van der Waals surface area contributed by atoms with E-state index >= 15 is 0 Å². The first-order valence-electron chi connectivity index (χ1n) is 7.25. The minimum absolute atomic E-state index is 0.0335. The molecule has 0 aliphatic carbocycles. The summed E-state index contributed by atoms with van der Waals surface area (Å²) in [6.45, 7) is 0. The van der Waals surface area contributed by atoms with Crippen molar-refractivity contribution in [2.24, 2.45) is 0 Å². The van der Waals surface area contributed by atoms with Gasteiger partial charge in [-0.1, -0.05) is 66.1 Å². The van der Waals surface area contributed by atoms with Gasteiger partial charge in [0.1, 0.15) is 7.85 Å². The molecule has 0 atom stereocenters. The van der Waals surface area contributed by atoms with Crippen LogP contribution in [0.15, 0.2) is 60.7 Å². The molecular formula is C19H17BN2O. The number of carbonyl (C=O) groups excluding carboxylic acids is 1. The second kappa shape index (κ2) is 10.6. The number of carbonyl (C=O) groups is 1. The SMILES string of the molecule is Bc1ccc(/C=C/C(=O)c2ccccc2)cc1.N#CCCC#N. The number of benzene rings is 2. The van der Waals surface area contributed by atoms with Crippen molar-refractivity contribution in [2.75, 3.05) is 0 Å². The predicted octanol–water partition coefficient (Wildman–Crippen LogP) is 2.65. The Kier molecular flexibility index (Phi) is 8.27. The molecular weight excluding hydrogens is 283 g/mol. The maximum absolute atomic E-state index is 11.8. The zero-order valence-electron chi connectivity index (χ0n) is 13.1. The second-order valence-corrected chi connectivity index (χ2v) is 4.79. The summed E-state index contributed by atoms with van der Waals surface area (Å²) < 4.78 is 0. The lowest BCUT2D eigenvalue weighted by Crippen LogP contribution is -1.99. The van der Waals surface area contributed by atoms with Gasteiger partial charge in [-0.25, -0.2) is 0 Å². The first kappa shape index (κ1) is 17.9. The Morgan fingerprint density at radius 2 is 1.52 bits per heavy atom. The molecule has 0 spiro atoms. The van der Waals surface area contributed by atoms with Crippen LogP contribution >= 0.6 is 0 Å². The van der Waals surface area contributed by atoms with Gasteiger partial charge in [-0.2, -0.15) is 10.5 Å². The van der Waals surface area contributed by atoms with Gasteiger partial charge in [0.15, 0.2) is 5.78 Å². The van der Waals surface area contributed by atoms with Crippen LogP contribution in [0.1, 0.15) is 28.8 Å². The van der Waals surface area contributed by atoms with E-state index in [1.165, 1.54) is 5.46 Å². The molecule has 0 aliphatic heterocycles. The average molecular weight is 300 g/mol. The average Bonchev–Trinajstić information content (AvgIpc) is 2.60. The van der Waals surface area contributed by atoms with E-state index in [4.69, 9.17) is 10.5 Å². The van der Waals surface area contributed by atoms with Crippen molar-refractivity contribution in [1.29, 1.82) is 10.5 Å². The Morgan fingerprint density at radius 1 is 0.957 bits per heavy atom. The lowest BCUT2D eigenvalue weighted by atomic mass is 9.95. The molecule has 112 valence electrons. The summed E-state index contributed by atoms with van der Waals surface area (Å²) in [6, 6.07) is 21.1. The summed E-state index contributed by atoms with van der Waals surface area (Å²) in [7, 11) is 2.04. The highest BCUT2D eigenvalue weighted by molar-refractivity contribution is 6.32.